The molecule has 0 unspecified atom stereocenters. The molecule has 0 atom stereocenters. The smallest absolute Gasteiger partial charge is 0.306 e. The second-order valence-corrected chi connectivity index (χ2v) is 7.47. The maximum absolute atomic E-state index is 14.7. The molecular formula is C20H24F2N4O2. The summed E-state index contributed by atoms with van der Waals surface area (Å²) in [4.78, 5) is 22.0. The molecule has 1 aromatic carbocycles. The zero-order valence-corrected chi connectivity index (χ0v) is 16.2. The fourth-order valence-corrected chi connectivity index (χ4v) is 3.78. The van der Waals surface area contributed by atoms with Crippen LogP contribution in [0.1, 0.15) is 37.1 Å². The first kappa shape index (κ1) is 20.0. The molecule has 0 spiro atoms. The number of aromatic nitrogens is 2. The standard InChI is InChI=1S/C20H24F2N4O2/c1-12-23-16(11-17(24-12)26(2)3)25-20(9-7-13(8-10-20)19(27)28)14-5-4-6-15(21)18(14)22/h4-6,11,13H,7-10H2,1-3H3,(H,27,28)(H,23,24,25). The van der Waals surface area contributed by atoms with Crippen molar-refractivity contribution in [2.45, 2.75) is 38.1 Å². The van der Waals surface area contributed by atoms with Gasteiger partial charge in [0, 0.05) is 25.7 Å². The predicted octanol–water partition coefficient (Wildman–Crippen LogP) is 3.71. The van der Waals surface area contributed by atoms with Gasteiger partial charge >= 0.3 is 5.97 Å². The second-order valence-electron chi connectivity index (χ2n) is 7.47. The molecule has 0 amide bonds. The summed E-state index contributed by atoms with van der Waals surface area (Å²) < 4.78 is 28.7. The number of hydrogen-bond donors (Lipinski definition) is 2. The minimum Gasteiger partial charge on any atom is -0.481 e. The molecule has 6 nitrogen and oxygen atoms in total. The molecular weight excluding hydrogens is 366 g/mol. The van der Waals surface area contributed by atoms with Gasteiger partial charge in [0.2, 0.25) is 0 Å². The van der Waals surface area contributed by atoms with Crippen LogP contribution in [-0.2, 0) is 10.3 Å². The number of hydrogen-bond acceptors (Lipinski definition) is 5. The Hall–Kier alpha value is -2.77. The van der Waals surface area contributed by atoms with E-state index in [0.717, 1.165) is 6.07 Å². The first-order valence-corrected chi connectivity index (χ1v) is 9.20. The van der Waals surface area contributed by atoms with Gasteiger partial charge in [-0.2, -0.15) is 0 Å². The first-order chi connectivity index (χ1) is 13.2. The molecule has 0 saturated heterocycles. The van der Waals surface area contributed by atoms with Gasteiger partial charge in [-0.05, 0) is 38.7 Å². The monoisotopic (exact) mass is 390 g/mol. The van der Waals surface area contributed by atoms with Gasteiger partial charge in [0.05, 0.1) is 11.5 Å². The zero-order chi connectivity index (χ0) is 20.5. The lowest BCUT2D eigenvalue weighted by Crippen LogP contribution is -2.42. The highest BCUT2D eigenvalue weighted by atomic mass is 19.2. The molecule has 28 heavy (non-hydrogen) atoms. The molecule has 1 heterocycles. The number of aliphatic carboxylic acids is 1. The number of halogens is 2. The Morgan fingerprint density at radius 1 is 1.25 bits per heavy atom. The summed E-state index contributed by atoms with van der Waals surface area (Å²) in [5, 5.41) is 12.6. The van der Waals surface area contributed by atoms with E-state index in [2.05, 4.69) is 15.3 Å². The van der Waals surface area contributed by atoms with Gasteiger partial charge in [-0.15, -0.1) is 0 Å². The summed E-state index contributed by atoms with van der Waals surface area (Å²) in [6, 6.07) is 5.84. The summed E-state index contributed by atoms with van der Waals surface area (Å²) in [5.74, 6) is -1.47. The Morgan fingerprint density at radius 2 is 1.93 bits per heavy atom. The lowest BCUT2D eigenvalue weighted by molar-refractivity contribution is -0.143. The predicted molar refractivity (Wildman–Crippen MR) is 102 cm³/mol. The highest BCUT2D eigenvalue weighted by Gasteiger charge is 2.41. The number of benzene rings is 1. The fraction of sp³-hybridized carbons (Fsp3) is 0.450. The van der Waals surface area contributed by atoms with Crippen LogP contribution in [0.4, 0.5) is 20.4 Å². The van der Waals surface area contributed by atoms with Gasteiger partial charge in [-0.3, -0.25) is 4.79 Å². The summed E-state index contributed by atoms with van der Waals surface area (Å²) in [5.41, 5.74) is -0.748. The Bertz CT molecular complexity index is 881. The largest absolute Gasteiger partial charge is 0.481 e. The van der Waals surface area contributed by atoms with E-state index in [4.69, 9.17) is 0 Å². The molecule has 150 valence electrons. The van der Waals surface area contributed by atoms with E-state index in [0.29, 0.717) is 43.1 Å². The Morgan fingerprint density at radius 3 is 2.54 bits per heavy atom. The van der Waals surface area contributed by atoms with E-state index in [-0.39, 0.29) is 5.56 Å². The second kappa shape index (κ2) is 7.69. The van der Waals surface area contributed by atoms with Gasteiger partial charge < -0.3 is 15.3 Å². The fourth-order valence-electron chi connectivity index (χ4n) is 3.78. The quantitative estimate of drug-likeness (QED) is 0.810. The number of carboxylic acids is 1. The highest BCUT2D eigenvalue weighted by Crippen LogP contribution is 2.43. The van der Waals surface area contributed by atoms with Gasteiger partial charge in [0.15, 0.2) is 11.6 Å². The van der Waals surface area contributed by atoms with Gasteiger partial charge in [-0.25, -0.2) is 18.7 Å². The molecule has 1 fully saturated rings. The van der Waals surface area contributed by atoms with Crippen molar-refractivity contribution in [1.29, 1.82) is 0 Å². The van der Waals surface area contributed by atoms with Gasteiger partial charge in [-0.1, -0.05) is 12.1 Å². The highest BCUT2D eigenvalue weighted by molar-refractivity contribution is 5.70. The molecule has 1 aliphatic carbocycles. The van der Waals surface area contributed by atoms with Crippen molar-refractivity contribution in [2.75, 3.05) is 24.3 Å². The van der Waals surface area contributed by atoms with E-state index in [9.17, 15) is 18.7 Å². The molecule has 1 aliphatic rings. The van der Waals surface area contributed by atoms with E-state index in [1.807, 2.05) is 19.0 Å². The van der Waals surface area contributed by atoms with Crippen LogP contribution in [0.25, 0.3) is 0 Å². The maximum Gasteiger partial charge on any atom is 0.306 e. The van der Waals surface area contributed by atoms with Crippen LogP contribution in [0.15, 0.2) is 24.3 Å². The van der Waals surface area contributed by atoms with Crippen molar-refractivity contribution < 1.29 is 18.7 Å². The Labute approximate surface area is 162 Å². The van der Waals surface area contributed by atoms with E-state index in [1.165, 1.54) is 6.07 Å². The topological polar surface area (TPSA) is 78.3 Å². The normalized spacial score (nSPS) is 22.0. The lowest BCUT2D eigenvalue weighted by atomic mass is 9.72. The van der Waals surface area contributed by atoms with Gasteiger partial charge in [0.1, 0.15) is 17.5 Å². The number of aryl methyl sites for hydroxylation is 1. The third-order valence-electron chi connectivity index (χ3n) is 5.31. The van der Waals surface area contributed by atoms with Crippen LogP contribution in [0, 0.1) is 24.5 Å². The average Bonchev–Trinajstić information content (AvgIpc) is 2.63. The molecule has 1 saturated carbocycles. The third kappa shape index (κ3) is 3.90. The molecule has 0 bridgehead atoms. The van der Waals surface area contributed by atoms with Crippen molar-refractivity contribution in [1.82, 2.24) is 9.97 Å². The number of rotatable bonds is 5. The van der Waals surface area contributed by atoms with Gasteiger partial charge in [0.25, 0.3) is 0 Å². The molecule has 0 radical (unpaired) electrons. The van der Waals surface area contributed by atoms with Crippen molar-refractivity contribution in [3.8, 4) is 0 Å². The Balaban J connectivity index is 2.03. The van der Waals surface area contributed by atoms with E-state index in [1.54, 1.807) is 19.1 Å². The van der Waals surface area contributed by atoms with Crippen LogP contribution in [0.5, 0.6) is 0 Å². The number of carboxylic acid groups (broad SMARTS) is 1. The van der Waals surface area contributed by atoms with Crippen molar-refractivity contribution in [2.24, 2.45) is 5.92 Å². The minimum atomic E-state index is -0.942. The molecule has 0 aliphatic heterocycles. The number of carbonyl (C=O) groups is 1. The molecule has 2 N–H and O–H groups in total. The molecule has 2 aromatic rings. The minimum absolute atomic E-state index is 0.194. The lowest BCUT2D eigenvalue weighted by Gasteiger charge is -2.41. The van der Waals surface area contributed by atoms with Crippen LogP contribution in [0.3, 0.4) is 0 Å². The van der Waals surface area contributed by atoms with Crippen LogP contribution < -0.4 is 10.2 Å². The van der Waals surface area contributed by atoms with Crippen LogP contribution in [0.2, 0.25) is 0 Å². The Kier molecular flexibility index (Phi) is 5.49. The van der Waals surface area contributed by atoms with Crippen molar-refractivity contribution >= 4 is 17.6 Å². The van der Waals surface area contributed by atoms with Crippen LogP contribution >= 0.6 is 0 Å². The first-order valence-electron chi connectivity index (χ1n) is 9.20. The number of nitrogens with one attached hydrogen (secondary N) is 1. The number of nitrogens with zero attached hydrogens (tertiary/aromatic N) is 3. The van der Waals surface area contributed by atoms with Crippen molar-refractivity contribution in [3.05, 3.63) is 47.3 Å². The molecule has 3 rings (SSSR count). The zero-order valence-electron chi connectivity index (χ0n) is 16.2. The maximum atomic E-state index is 14.7. The summed E-state index contributed by atoms with van der Waals surface area (Å²) in [6.07, 6.45) is 1.43. The SMILES string of the molecule is Cc1nc(NC2(c3cccc(F)c3F)CCC(C(=O)O)CC2)cc(N(C)C)n1. The third-order valence-corrected chi connectivity index (χ3v) is 5.31. The van der Waals surface area contributed by atoms with Crippen LogP contribution in [-0.4, -0.2) is 35.1 Å². The molecule has 8 heteroatoms. The average molecular weight is 390 g/mol. The summed E-state index contributed by atoms with van der Waals surface area (Å²) in [6.45, 7) is 1.76. The van der Waals surface area contributed by atoms with E-state index < -0.39 is 29.1 Å². The van der Waals surface area contributed by atoms with Crippen molar-refractivity contribution in [3.63, 3.8) is 0 Å². The van der Waals surface area contributed by atoms with E-state index >= 15 is 0 Å². The summed E-state index contributed by atoms with van der Waals surface area (Å²) in [7, 11) is 3.71. The number of anilines is 2. The summed E-state index contributed by atoms with van der Waals surface area (Å²) >= 11 is 0. The molecule has 1 aromatic heterocycles.